The van der Waals surface area contributed by atoms with E-state index in [0.29, 0.717) is 18.7 Å². The standard InChI is InChI=1S/C22H27N3O2/c1-3-25-13-5-7-18-15-17(9-10-20(18)25)11-12-23-21(26)22(27)24-19-8-4-6-16(2)14-19/h4,6,8-10,14-15H,3,5,7,11-13H2,1-2H3,(H,23,26)(H,24,27). The molecule has 1 aliphatic heterocycles. The molecule has 0 saturated heterocycles. The van der Waals surface area contributed by atoms with E-state index >= 15 is 0 Å². The van der Waals surface area contributed by atoms with Crippen molar-refractivity contribution in [2.24, 2.45) is 0 Å². The van der Waals surface area contributed by atoms with E-state index in [9.17, 15) is 9.59 Å². The van der Waals surface area contributed by atoms with E-state index in [1.807, 2.05) is 25.1 Å². The lowest BCUT2D eigenvalue weighted by molar-refractivity contribution is -0.136. The first-order valence-electron chi connectivity index (χ1n) is 9.59. The van der Waals surface area contributed by atoms with Crippen LogP contribution in [0.2, 0.25) is 0 Å². The zero-order chi connectivity index (χ0) is 19.2. The fourth-order valence-corrected chi connectivity index (χ4v) is 3.52. The Kier molecular flexibility index (Phi) is 6.12. The maximum absolute atomic E-state index is 12.0. The molecule has 0 fully saturated rings. The highest BCUT2D eigenvalue weighted by Crippen LogP contribution is 2.27. The summed E-state index contributed by atoms with van der Waals surface area (Å²) in [5, 5.41) is 5.33. The van der Waals surface area contributed by atoms with E-state index in [0.717, 1.165) is 25.1 Å². The number of anilines is 2. The van der Waals surface area contributed by atoms with Gasteiger partial charge in [0.15, 0.2) is 0 Å². The number of carbonyl (C=O) groups is 2. The summed E-state index contributed by atoms with van der Waals surface area (Å²) < 4.78 is 0. The minimum absolute atomic E-state index is 0.441. The lowest BCUT2D eigenvalue weighted by atomic mass is 9.98. The summed E-state index contributed by atoms with van der Waals surface area (Å²) in [5.74, 6) is -1.24. The molecule has 1 aliphatic rings. The van der Waals surface area contributed by atoms with Crippen LogP contribution in [0.4, 0.5) is 11.4 Å². The predicted octanol–water partition coefficient (Wildman–Crippen LogP) is 3.06. The summed E-state index contributed by atoms with van der Waals surface area (Å²) in [6.07, 6.45) is 2.99. The molecule has 2 N–H and O–H groups in total. The molecule has 3 rings (SSSR count). The van der Waals surface area contributed by atoms with Crippen molar-refractivity contribution in [1.82, 2.24) is 5.32 Å². The molecule has 142 valence electrons. The minimum atomic E-state index is -0.635. The molecule has 0 unspecified atom stereocenters. The molecule has 0 aromatic heterocycles. The van der Waals surface area contributed by atoms with E-state index in [1.54, 1.807) is 6.07 Å². The van der Waals surface area contributed by atoms with E-state index in [-0.39, 0.29) is 0 Å². The molecule has 0 radical (unpaired) electrons. The lowest BCUT2D eigenvalue weighted by Gasteiger charge is -2.30. The SMILES string of the molecule is CCN1CCCc2cc(CCNC(=O)C(=O)Nc3cccc(C)c3)ccc21. The first-order valence-corrected chi connectivity index (χ1v) is 9.59. The molecule has 0 aliphatic carbocycles. The number of nitrogens with one attached hydrogen (secondary N) is 2. The second kappa shape index (κ2) is 8.71. The van der Waals surface area contributed by atoms with Crippen molar-refractivity contribution in [3.63, 3.8) is 0 Å². The van der Waals surface area contributed by atoms with Crippen molar-refractivity contribution in [2.75, 3.05) is 29.9 Å². The second-order valence-corrected chi connectivity index (χ2v) is 6.98. The van der Waals surface area contributed by atoms with Crippen LogP contribution in [0.25, 0.3) is 0 Å². The number of rotatable bonds is 5. The zero-order valence-corrected chi connectivity index (χ0v) is 16.0. The van der Waals surface area contributed by atoms with Gasteiger partial charge >= 0.3 is 11.8 Å². The highest BCUT2D eigenvalue weighted by Gasteiger charge is 2.16. The minimum Gasteiger partial charge on any atom is -0.372 e. The third-order valence-electron chi connectivity index (χ3n) is 4.92. The van der Waals surface area contributed by atoms with Crippen LogP contribution in [-0.4, -0.2) is 31.4 Å². The van der Waals surface area contributed by atoms with Crippen LogP contribution in [0.1, 0.15) is 30.0 Å². The number of aryl methyl sites for hydroxylation is 2. The van der Waals surface area contributed by atoms with Crippen molar-refractivity contribution < 1.29 is 9.59 Å². The van der Waals surface area contributed by atoms with Gasteiger partial charge < -0.3 is 15.5 Å². The first-order chi connectivity index (χ1) is 13.1. The number of fused-ring (bicyclic) bond motifs is 1. The van der Waals surface area contributed by atoms with Gasteiger partial charge in [0.05, 0.1) is 0 Å². The van der Waals surface area contributed by atoms with Gasteiger partial charge in [0.2, 0.25) is 0 Å². The van der Waals surface area contributed by atoms with Crippen molar-refractivity contribution >= 4 is 23.2 Å². The molecule has 27 heavy (non-hydrogen) atoms. The van der Waals surface area contributed by atoms with Crippen LogP contribution >= 0.6 is 0 Å². The van der Waals surface area contributed by atoms with Crippen LogP contribution in [-0.2, 0) is 22.4 Å². The third kappa shape index (κ3) is 4.88. The van der Waals surface area contributed by atoms with Crippen LogP contribution in [0.3, 0.4) is 0 Å². The van der Waals surface area contributed by atoms with Gasteiger partial charge in [-0.3, -0.25) is 9.59 Å². The van der Waals surface area contributed by atoms with E-state index in [2.05, 4.69) is 40.7 Å². The molecule has 1 heterocycles. The number of amides is 2. The van der Waals surface area contributed by atoms with E-state index < -0.39 is 11.8 Å². The molecule has 0 bridgehead atoms. The Morgan fingerprint density at radius 3 is 2.74 bits per heavy atom. The Hall–Kier alpha value is -2.82. The predicted molar refractivity (Wildman–Crippen MR) is 109 cm³/mol. The molecule has 0 saturated carbocycles. The highest BCUT2D eigenvalue weighted by atomic mass is 16.2. The second-order valence-electron chi connectivity index (χ2n) is 6.98. The van der Waals surface area contributed by atoms with Crippen molar-refractivity contribution in [2.45, 2.75) is 33.1 Å². The molecule has 0 spiro atoms. The van der Waals surface area contributed by atoms with Gasteiger partial charge in [0, 0.05) is 31.0 Å². The van der Waals surface area contributed by atoms with Gasteiger partial charge in [-0.2, -0.15) is 0 Å². The summed E-state index contributed by atoms with van der Waals surface area (Å²) in [7, 11) is 0. The monoisotopic (exact) mass is 365 g/mol. The van der Waals surface area contributed by atoms with Gasteiger partial charge in [-0.15, -0.1) is 0 Å². The third-order valence-corrected chi connectivity index (χ3v) is 4.92. The number of hydrogen-bond donors (Lipinski definition) is 2. The summed E-state index contributed by atoms with van der Waals surface area (Å²) >= 11 is 0. The molecule has 2 aromatic carbocycles. The average Bonchev–Trinajstić information content (AvgIpc) is 2.67. The normalized spacial score (nSPS) is 13.0. The Labute approximate surface area is 160 Å². The largest absolute Gasteiger partial charge is 0.372 e. The Morgan fingerprint density at radius 2 is 1.96 bits per heavy atom. The quantitative estimate of drug-likeness (QED) is 0.801. The Morgan fingerprint density at radius 1 is 1.11 bits per heavy atom. The van der Waals surface area contributed by atoms with Crippen LogP contribution in [0.5, 0.6) is 0 Å². The average molecular weight is 365 g/mol. The molecule has 0 atom stereocenters. The van der Waals surface area contributed by atoms with Crippen molar-refractivity contribution in [3.8, 4) is 0 Å². The fraction of sp³-hybridized carbons (Fsp3) is 0.364. The summed E-state index contributed by atoms with van der Waals surface area (Å²) in [5.41, 5.74) is 5.55. The lowest BCUT2D eigenvalue weighted by Crippen LogP contribution is -2.36. The number of benzene rings is 2. The van der Waals surface area contributed by atoms with Crippen LogP contribution in [0.15, 0.2) is 42.5 Å². The van der Waals surface area contributed by atoms with Crippen LogP contribution in [0, 0.1) is 6.92 Å². The van der Waals surface area contributed by atoms with Gasteiger partial charge in [0.1, 0.15) is 0 Å². The summed E-state index contributed by atoms with van der Waals surface area (Å²) in [6.45, 7) is 6.71. The molecule has 5 nitrogen and oxygen atoms in total. The maximum Gasteiger partial charge on any atom is 0.313 e. The molecule has 2 amide bonds. The van der Waals surface area contributed by atoms with Gasteiger partial charge in [-0.05, 0) is 68.0 Å². The summed E-state index contributed by atoms with van der Waals surface area (Å²) in [4.78, 5) is 26.4. The smallest absolute Gasteiger partial charge is 0.313 e. The maximum atomic E-state index is 12.0. The first kappa shape index (κ1) is 19.0. The molecular weight excluding hydrogens is 338 g/mol. The van der Waals surface area contributed by atoms with Gasteiger partial charge in [-0.1, -0.05) is 24.3 Å². The number of carbonyl (C=O) groups excluding carboxylic acids is 2. The Bertz CT molecular complexity index is 832. The van der Waals surface area contributed by atoms with Gasteiger partial charge in [0.25, 0.3) is 0 Å². The van der Waals surface area contributed by atoms with E-state index in [4.69, 9.17) is 0 Å². The molecule has 2 aromatic rings. The van der Waals surface area contributed by atoms with Crippen LogP contribution < -0.4 is 15.5 Å². The fourth-order valence-electron chi connectivity index (χ4n) is 3.52. The molecule has 5 heteroatoms. The van der Waals surface area contributed by atoms with Gasteiger partial charge in [-0.25, -0.2) is 0 Å². The summed E-state index contributed by atoms with van der Waals surface area (Å²) in [6, 6.07) is 13.9. The zero-order valence-electron chi connectivity index (χ0n) is 16.0. The Balaban J connectivity index is 1.50. The number of nitrogens with zero attached hydrogens (tertiary/aromatic N) is 1. The molecular formula is C22H27N3O2. The topological polar surface area (TPSA) is 61.4 Å². The van der Waals surface area contributed by atoms with Crippen molar-refractivity contribution in [3.05, 3.63) is 59.2 Å². The highest BCUT2D eigenvalue weighted by molar-refractivity contribution is 6.39. The van der Waals surface area contributed by atoms with Crippen molar-refractivity contribution in [1.29, 1.82) is 0 Å². The van der Waals surface area contributed by atoms with E-state index in [1.165, 1.54) is 23.2 Å². The number of hydrogen-bond acceptors (Lipinski definition) is 3.